The van der Waals surface area contributed by atoms with Gasteiger partial charge in [-0.05, 0) is 51.1 Å². The van der Waals surface area contributed by atoms with Gasteiger partial charge in [-0.3, -0.25) is 9.78 Å². The zero-order valence-corrected chi connectivity index (χ0v) is 16.7. The van der Waals surface area contributed by atoms with Crippen LogP contribution in [-0.2, 0) is 0 Å². The van der Waals surface area contributed by atoms with E-state index in [-0.39, 0.29) is 5.91 Å². The van der Waals surface area contributed by atoms with E-state index in [4.69, 9.17) is 0 Å². The highest BCUT2D eigenvalue weighted by molar-refractivity contribution is 5.99. The molecule has 0 saturated heterocycles. The molecule has 0 bridgehead atoms. The van der Waals surface area contributed by atoms with Crippen LogP contribution in [0.1, 0.15) is 33.0 Å². The number of nitrogens with zero attached hydrogens (tertiary/aromatic N) is 3. The molecule has 0 atom stereocenters. The topological polar surface area (TPSA) is 59.3 Å². The van der Waals surface area contributed by atoms with Gasteiger partial charge in [0.1, 0.15) is 0 Å². The fourth-order valence-electron chi connectivity index (χ4n) is 3.56. The molecule has 0 aliphatic heterocycles. The summed E-state index contributed by atoms with van der Waals surface area (Å²) >= 11 is 0. The van der Waals surface area contributed by atoms with Crippen LogP contribution in [0.2, 0.25) is 0 Å². The highest BCUT2D eigenvalue weighted by Gasteiger charge is 2.12. The summed E-state index contributed by atoms with van der Waals surface area (Å²) in [7, 11) is 0. The quantitative estimate of drug-likeness (QED) is 0.410. The van der Waals surface area contributed by atoms with Gasteiger partial charge in [0.15, 0.2) is 0 Å². The zero-order chi connectivity index (χ0) is 20.4. The maximum absolute atomic E-state index is 12.6. The van der Waals surface area contributed by atoms with Gasteiger partial charge in [-0.1, -0.05) is 36.4 Å². The number of carbonyl (C=O) groups excluding carboxylic acids is 1. The molecule has 1 amide bonds. The Bertz CT molecular complexity index is 1220. The minimum absolute atomic E-state index is 0.270. The minimum Gasteiger partial charge on any atom is -0.318 e. The van der Waals surface area contributed by atoms with Crippen LogP contribution in [-0.4, -0.2) is 21.7 Å². The molecule has 0 aliphatic carbocycles. The Labute approximate surface area is 169 Å². The number of aromatic nitrogens is 2. The SMILES string of the molecule is Cc1nc2ccccc2cc1C(=O)N/N=C\c1cc(C)n(-c2ccccc2)c1C. The van der Waals surface area contributed by atoms with Crippen molar-refractivity contribution in [2.24, 2.45) is 5.10 Å². The number of carbonyl (C=O) groups is 1. The molecule has 4 rings (SSSR count). The lowest BCUT2D eigenvalue weighted by molar-refractivity contribution is 0.0954. The minimum atomic E-state index is -0.270. The fraction of sp³-hybridized carbons (Fsp3) is 0.125. The van der Waals surface area contributed by atoms with Gasteiger partial charge in [-0.2, -0.15) is 5.10 Å². The summed E-state index contributed by atoms with van der Waals surface area (Å²) in [5.41, 5.74) is 8.94. The van der Waals surface area contributed by atoms with E-state index in [1.54, 1.807) is 6.21 Å². The molecule has 0 unspecified atom stereocenters. The third kappa shape index (κ3) is 3.67. The number of rotatable bonds is 4. The highest BCUT2D eigenvalue weighted by atomic mass is 16.2. The van der Waals surface area contributed by atoms with E-state index in [9.17, 15) is 4.79 Å². The molecule has 4 aromatic rings. The summed E-state index contributed by atoms with van der Waals surface area (Å²) < 4.78 is 2.17. The third-order valence-electron chi connectivity index (χ3n) is 5.01. The average molecular weight is 382 g/mol. The molecular weight excluding hydrogens is 360 g/mol. The number of nitrogens with one attached hydrogen (secondary N) is 1. The van der Waals surface area contributed by atoms with Gasteiger partial charge in [0.25, 0.3) is 5.91 Å². The first-order valence-electron chi connectivity index (χ1n) is 9.49. The number of para-hydroxylation sites is 2. The first-order valence-corrected chi connectivity index (χ1v) is 9.49. The molecule has 0 fully saturated rings. The van der Waals surface area contributed by atoms with Crippen molar-refractivity contribution < 1.29 is 4.79 Å². The monoisotopic (exact) mass is 382 g/mol. The van der Waals surface area contributed by atoms with Gasteiger partial charge >= 0.3 is 0 Å². The molecule has 2 aromatic heterocycles. The van der Waals surface area contributed by atoms with Crippen molar-refractivity contribution in [2.75, 3.05) is 0 Å². The second-order valence-corrected chi connectivity index (χ2v) is 7.01. The van der Waals surface area contributed by atoms with Crippen LogP contribution in [0, 0.1) is 20.8 Å². The summed E-state index contributed by atoms with van der Waals surface area (Å²) in [6.45, 7) is 5.93. The second kappa shape index (κ2) is 7.72. The van der Waals surface area contributed by atoms with Crippen molar-refractivity contribution >= 4 is 23.0 Å². The smallest absolute Gasteiger partial charge is 0.273 e. The summed E-state index contributed by atoms with van der Waals surface area (Å²) in [6, 6.07) is 21.8. The number of hydrazone groups is 1. The predicted octanol–water partition coefficient (Wildman–Crippen LogP) is 4.71. The maximum atomic E-state index is 12.6. The van der Waals surface area contributed by atoms with Crippen LogP contribution >= 0.6 is 0 Å². The number of aryl methyl sites for hydroxylation is 2. The molecule has 144 valence electrons. The predicted molar refractivity (Wildman–Crippen MR) is 117 cm³/mol. The van der Waals surface area contributed by atoms with Crippen molar-refractivity contribution in [3.05, 3.63) is 94.9 Å². The number of pyridine rings is 1. The van der Waals surface area contributed by atoms with E-state index >= 15 is 0 Å². The van der Waals surface area contributed by atoms with Crippen LogP contribution in [0.15, 0.2) is 71.8 Å². The van der Waals surface area contributed by atoms with Crippen molar-refractivity contribution in [3.63, 3.8) is 0 Å². The Morgan fingerprint density at radius 3 is 2.52 bits per heavy atom. The van der Waals surface area contributed by atoms with Gasteiger partial charge in [0.2, 0.25) is 0 Å². The highest BCUT2D eigenvalue weighted by Crippen LogP contribution is 2.19. The second-order valence-electron chi connectivity index (χ2n) is 7.01. The van der Waals surface area contributed by atoms with Crippen LogP contribution in [0.3, 0.4) is 0 Å². The summed E-state index contributed by atoms with van der Waals surface area (Å²) in [5, 5.41) is 5.11. The standard InChI is InChI=1S/C24H22N4O/c1-16-13-20(18(3)28(16)21-10-5-4-6-11-21)15-25-27-24(29)22-14-19-9-7-8-12-23(19)26-17(22)2/h4-15H,1-3H3,(H,27,29)/b25-15-. The Hall–Kier alpha value is -3.73. The largest absolute Gasteiger partial charge is 0.318 e. The van der Waals surface area contributed by atoms with Gasteiger partial charge in [-0.25, -0.2) is 5.43 Å². The lowest BCUT2D eigenvalue weighted by Crippen LogP contribution is -2.19. The van der Waals surface area contributed by atoms with Crippen molar-refractivity contribution in [1.82, 2.24) is 15.0 Å². The number of hydrogen-bond acceptors (Lipinski definition) is 3. The molecule has 1 N–H and O–H groups in total. The van der Waals surface area contributed by atoms with E-state index in [1.165, 1.54) is 0 Å². The lowest BCUT2D eigenvalue weighted by Gasteiger charge is -2.09. The van der Waals surface area contributed by atoms with Crippen LogP contribution in [0.25, 0.3) is 16.6 Å². The van der Waals surface area contributed by atoms with Crippen LogP contribution < -0.4 is 5.43 Å². The summed E-state index contributed by atoms with van der Waals surface area (Å²) in [4.78, 5) is 17.1. The average Bonchev–Trinajstić information content (AvgIpc) is 3.01. The molecule has 2 heterocycles. The van der Waals surface area contributed by atoms with Gasteiger partial charge in [0.05, 0.1) is 23.0 Å². The number of fused-ring (bicyclic) bond motifs is 1. The van der Waals surface area contributed by atoms with E-state index in [0.717, 1.165) is 33.5 Å². The zero-order valence-electron chi connectivity index (χ0n) is 16.7. The Morgan fingerprint density at radius 1 is 1.00 bits per heavy atom. The van der Waals surface area contributed by atoms with E-state index < -0.39 is 0 Å². The normalized spacial score (nSPS) is 11.3. The molecule has 29 heavy (non-hydrogen) atoms. The Kier molecular flexibility index (Phi) is 4.96. The Balaban J connectivity index is 1.55. The lowest BCUT2D eigenvalue weighted by atomic mass is 10.1. The number of amides is 1. The van der Waals surface area contributed by atoms with E-state index in [1.807, 2.05) is 62.4 Å². The number of hydrogen-bond donors (Lipinski definition) is 1. The van der Waals surface area contributed by atoms with Gasteiger partial charge < -0.3 is 4.57 Å². The van der Waals surface area contributed by atoms with Crippen LogP contribution in [0.5, 0.6) is 0 Å². The van der Waals surface area contributed by atoms with Crippen molar-refractivity contribution in [2.45, 2.75) is 20.8 Å². The van der Waals surface area contributed by atoms with E-state index in [0.29, 0.717) is 11.3 Å². The van der Waals surface area contributed by atoms with Gasteiger partial charge in [-0.15, -0.1) is 0 Å². The molecule has 2 aromatic carbocycles. The van der Waals surface area contributed by atoms with E-state index in [2.05, 4.69) is 45.2 Å². The first kappa shape index (κ1) is 18.6. The first-order chi connectivity index (χ1) is 14.0. The van der Waals surface area contributed by atoms with Crippen LogP contribution in [0.4, 0.5) is 0 Å². The molecule has 0 radical (unpaired) electrons. The molecule has 0 saturated carbocycles. The van der Waals surface area contributed by atoms with Crippen molar-refractivity contribution in [1.29, 1.82) is 0 Å². The number of benzene rings is 2. The Morgan fingerprint density at radius 2 is 1.72 bits per heavy atom. The fourth-order valence-corrected chi connectivity index (χ4v) is 3.56. The molecule has 5 heteroatoms. The summed E-state index contributed by atoms with van der Waals surface area (Å²) in [6.07, 6.45) is 1.68. The molecule has 0 aliphatic rings. The van der Waals surface area contributed by atoms with Gasteiger partial charge in [0, 0.05) is 28.0 Å². The molecular formula is C24H22N4O. The maximum Gasteiger partial charge on any atom is 0.273 e. The molecule has 5 nitrogen and oxygen atoms in total. The molecule has 0 spiro atoms. The summed E-state index contributed by atoms with van der Waals surface area (Å²) in [5.74, 6) is -0.270. The van der Waals surface area contributed by atoms with Crippen molar-refractivity contribution in [3.8, 4) is 5.69 Å². The third-order valence-corrected chi connectivity index (χ3v) is 5.01.